The fourth-order valence-corrected chi connectivity index (χ4v) is 6.15. The maximum atomic E-state index is 12.5. The summed E-state index contributed by atoms with van der Waals surface area (Å²) in [5, 5.41) is 11.9. The van der Waals surface area contributed by atoms with Gasteiger partial charge in [-0.3, -0.25) is 14.5 Å². The summed E-state index contributed by atoms with van der Waals surface area (Å²) in [6, 6.07) is 10.7. The zero-order valence-corrected chi connectivity index (χ0v) is 24.3. The average Bonchev–Trinajstić information content (AvgIpc) is 3.62. The van der Waals surface area contributed by atoms with Crippen molar-refractivity contribution in [1.82, 2.24) is 14.7 Å². The van der Waals surface area contributed by atoms with Gasteiger partial charge in [-0.25, -0.2) is 4.99 Å². The number of hydrogen-bond acceptors (Lipinski definition) is 8. The SMILES string of the molecule is C=CC(=O)Nc1cc(NC2=CC(c3ccc4c(cnn4C)c3)=NCC=N2)c(OC)cc1N1CCC(N2CCCC2)CC1. The Morgan fingerprint density at radius 2 is 1.90 bits per heavy atom. The first-order chi connectivity index (χ1) is 20.5. The number of anilines is 3. The summed E-state index contributed by atoms with van der Waals surface area (Å²) in [4.78, 5) is 26.8. The van der Waals surface area contributed by atoms with Gasteiger partial charge < -0.3 is 25.2 Å². The number of amides is 1. The second-order valence-electron chi connectivity index (χ2n) is 11.0. The van der Waals surface area contributed by atoms with Gasteiger partial charge in [-0.2, -0.15) is 5.10 Å². The molecule has 4 heterocycles. The van der Waals surface area contributed by atoms with Crippen LogP contribution in [0.15, 0.2) is 71.1 Å². The molecule has 2 saturated heterocycles. The first-order valence-electron chi connectivity index (χ1n) is 14.6. The average molecular weight is 567 g/mol. The van der Waals surface area contributed by atoms with Crippen molar-refractivity contribution in [3.63, 3.8) is 0 Å². The largest absolute Gasteiger partial charge is 0.494 e. The van der Waals surface area contributed by atoms with Crippen LogP contribution in [0.1, 0.15) is 31.2 Å². The summed E-state index contributed by atoms with van der Waals surface area (Å²) >= 11 is 0. The lowest BCUT2D eigenvalue weighted by Crippen LogP contribution is -2.44. The van der Waals surface area contributed by atoms with E-state index in [2.05, 4.69) is 49.2 Å². The van der Waals surface area contributed by atoms with Crippen LogP contribution in [0.25, 0.3) is 10.9 Å². The first-order valence-corrected chi connectivity index (χ1v) is 14.6. The summed E-state index contributed by atoms with van der Waals surface area (Å²) in [5.74, 6) is 1.03. The molecule has 0 unspecified atom stereocenters. The Morgan fingerprint density at radius 3 is 2.67 bits per heavy atom. The fourth-order valence-electron chi connectivity index (χ4n) is 6.15. The zero-order valence-electron chi connectivity index (χ0n) is 24.3. The third-order valence-corrected chi connectivity index (χ3v) is 8.38. The van der Waals surface area contributed by atoms with Gasteiger partial charge in [0.25, 0.3) is 0 Å². The van der Waals surface area contributed by atoms with Gasteiger partial charge in [-0.05, 0) is 63.0 Å². The Morgan fingerprint density at radius 1 is 1.10 bits per heavy atom. The number of methoxy groups -OCH3 is 1. The van der Waals surface area contributed by atoms with Gasteiger partial charge in [0.2, 0.25) is 5.91 Å². The number of fused-ring (bicyclic) bond motifs is 1. The highest BCUT2D eigenvalue weighted by Crippen LogP contribution is 2.39. The second-order valence-corrected chi connectivity index (χ2v) is 11.0. The molecule has 0 atom stereocenters. The van der Waals surface area contributed by atoms with Crippen molar-refractivity contribution in [2.45, 2.75) is 31.7 Å². The molecule has 10 nitrogen and oxygen atoms in total. The lowest BCUT2D eigenvalue weighted by atomic mass is 10.0. The van der Waals surface area contributed by atoms with E-state index in [1.54, 1.807) is 13.3 Å². The van der Waals surface area contributed by atoms with Gasteiger partial charge in [0.1, 0.15) is 11.6 Å². The molecule has 42 heavy (non-hydrogen) atoms. The molecule has 0 aliphatic carbocycles. The Bertz CT molecular complexity index is 1570. The third kappa shape index (κ3) is 5.80. The molecular weight excluding hydrogens is 528 g/mol. The van der Waals surface area contributed by atoms with Crippen molar-refractivity contribution < 1.29 is 9.53 Å². The number of allylic oxidation sites excluding steroid dienone is 1. The molecule has 3 aliphatic heterocycles. The maximum absolute atomic E-state index is 12.5. The highest BCUT2D eigenvalue weighted by atomic mass is 16.5. The van der Waals surface area contributed by atoms with Crippen molar-refractivity contribution in [3.05, 3.63) is 66.6 Å². The fraction of sp³-hybridized carbons (Fsp3) is 0.375. The molecule has 2 N–H and O–H groups in total. The maximum Gasteiger partial charge on any atom is 0.247 e. The summed E-state index contributed by atoms with van der Waals surface area (Å²) in [5.41, 5.74) is 5.21. The molecule has 3 aromatic rings. The Hall–Kier alpha value is -4.44. The normalized spacial score (nSPS) is 18.0. The Balaban J connectivity index is 1.28. The molecule has 3 aliphatic rings. The lowest BCUT2D eigenvalue weighted by molar-refractivity contribution is -0.111. The molecule has 0 spiro atoms. The number of likely N-dealkylation sites (tertiary alicyclic amines) is 1. The van der Waals surface area contributed by atoms with Gasteiger partial charge in [-0.1, -0.05) is 12.6 Å². The molecule has 1 amide bonds. The van der Waals surface area contributed by atoms with E-state index in [4.69, 9.17) is 9.73 Å². The Kier molecular flexibility index (Phi) is 8.05. The summed E-state index contributed by atoms with van der Waals surface area (Å²) in [6.07, 6.45) is 11.7. The van der Waals surface area contributed by atoms with E-state index in [-0.39, 0.29) is 5.91 Å². The van der Waals surface area contributed by atoms with Crippen molar-refractivity contribution in [2.24, 2.45) is 17.0 Å². The third-order valence-electron chi connectivity index (χ3n) is 8.38. The molecule has 10 heteroatoms. The molecule has 0 bridgehead atoms. The van der Waals surface area contributed by atoms with Crippen LogP contribution in [0.2, 0.25) is 0 Å². The number of aromatic nitrogens is 2. The Labute approximate surface area is 246 Å². The van der Waals surface area contributed by atoms with Crippen molar-refractivity contribution in [2.75, 3.05) is 55.4 Å². The molecule has 2 aromatic carbocycles. The minimum Gasteiger partial charge on any atom is -0.494 e. The number of nitrogens with zero attached hydrogens (tertiary/aromatic N) is 6. The topological polar surface area (TPSA) is 99.4 Å². The number of piperidine rings is 1. The molecule has 6 rings (SSSR count). The lowest BCUT2D eigenvalue weighted by Gasteiger charge is -2.38. The van der Waals surface area contributed by atoms with Crippen LogP contribution in [-0.4, -0.2) is 78.4 Å². The molecule has 0 saturated carbocycles. The predicted octanol–water partition coefficient (Wildman–Crippen LogP) is 4.60. The number of ether oxygens (including phenoxy) is 1. The van der Waals surface area contributed by atoms with Crippen LogP contribution < -0.4 is 20.3 Å². The number of rotatable bonds is 8. The van der Waals surface area contributed by atoms with Crippen LogP contribution in [0.5, 0.6) is 5.75 Å². The van der Waals surface area contributed by atoms with E-state index >= 15 is 0 Å². The van der Waals surface area contributed by atoms with Crippen molar-refractivity contribution >= 4 is 45.8 Å². The van der Waals surface area contributed by atoms with Crippen molar-refractivity contribution in [3.8, 4) is 5.75 Å². The number of carbonyl (C=O) groups excluding carboxylic acids is 1. The first kappa shape index (κ1) is 27.7. The number of nitrogens with one attached hydrogen (secondary N) is 2. The standard InChI is InChI=1S/C32H38N8O2/c1-4-32(41)37-26-18-27(30(42-3)20-29(26)40-15-9-24(10-16-40)39-13-5-6-14-39)36-31-19-25(33-11-12-34-31)22-7-8-28-23(17-22)21-35-38(28)2/h4,7-8,12,17-21,24,36H,1,5-6,9-11,13-16H2,2-3H3,(H,37,41). The van der Waals surface area contributed by atoms with Crippen LogP contribution >= 0.6 is 0 Å². The van der Waals surface area contributed by atoms with E-state index in [0.717, 1.165) is 53.8 Å². The van der Waals surface area contributed by atoms with Crippen LogP contribution in [0, 0.1) is 0 Å². The van der Waals surface area contributed by atoms with E-state index in [9.17, 15) is 4.79 Å². The van der Waals surface area contributed by atoms with E-state index in [1.165, 1.54) is 32.0 Å². The van der Waals surface area contributed by atoms with E-state index in [0.29, 0.717) is 35.5 Å². The minimum absolute atomic E-state index is 0.258. The second kappa shape index (κ2) is 12.2. The van der Waals surface area contributed by atoms with Gasteiger partial charge in [-0.15, -0.1) is 0 Å². The van der Waals surface area contributed by atoms with Crippen molar-refractivity contribution in [1.29, 1.82) is 0 Å². The highest BCUT2D eigenvalue weighted by Gasteiger charge is 2.28. The minimum atomic E-state index is -0.258. The van der Waals surface area contributed by atoms with Crippen LogP contribution in [0.4, 0.5) is 17.1 Å². The number of hydrogen-bond donors (Lipinski definition) is 2. The number of aliphatic imine (C=N–C) groups is 2. The van der Waals surface area contributed by atoms with Gasteiger partial charge in [0, 0.05) is 55.5 Å². The predicted molar refractivity (Wildman–Crippen MR) is 170 cm³/mol. The molecule has 0 radical (unpaired) electrons. The molecule has 1 aromatic heterocycles. The van der Waals surface area contributed by atoms with E-state index < -0.39 is 0 Å². The van der Waals surface area contributed by atoms with Gasteiger partial charge >= 0.3 is 0 Å². The number of benzene rings is 2. The number of carbonyl (C=O) groups is 1. The summed E-state index contributed by atoms with van der Waals surface area (Å²) in [7, 11) is 3.59. The van der Waals surface area contributed by atoms with Gasteiger partial charge in [0.05, 0.1) is 48.1 Å². The summed E-state index contributed by atoms with van der Waals surface area (Å²) < 4.78 is 7.71. The highest BCUT2D eigenvalue weighted by molar-refractivity contribution is 6.11. The van der Waals surface area contributed by atoms with E-state index in [1.807, 2.05) is 42.2 Å². The molecule has 2 fully saturated rings. The molecule has 218 valence electrons. The van der Waals surface area contributed by atoms with Crippen LogP contribution in [-0.2, 0) is 11.8 Å². The zero-order chi connectivity index (χ0) is 29.1. The molecular formula is C32H38N8O2. The van der Waals surface area contributed by atoms with Crippen LogP contribution in [0.3, 0.4) is 0 Å². The van der Waals surface area contributed by atoms with Gasteiger partial charge in [0.15, 0.2) is 0 Å². The quantitative estimate of drug-likeness (QED) is 0.387. The number of aryl methyl sites for hydroxylation is 1. The smallest absolute Gasteiger partial charge is 0.247 e. The summed E-state index contributed by atoms with van der Waals surface area (Å²) in [6.45, 7) is 8.38. The monoisotopic (exact) mass is 566 g/mol.